The largest absolute Gasteiger partial charge is 0.504 e. The molecule has 4 nitrogen and oxygen atoms in total. The quantitative estimate of drug-likeness (QED) is 0.550. The lowest BCUT2D eigenvalue weighted by Gasteiger charge is -2.16. The second-order valence-corrected chi connectivity index (χ2v) is 7.09. The van der Waals surface area contributed by atoms with Crippen molar-refractivity contribution in [2.24, 2.45) is 0 Å². The highest BCUT2D eigenvalue weighted by Gasteiger charge is 2.23. The van der Waals surface area contributed by atoms with E-state index in [1.165, 1.54) is 5.56 Å². The molecule has 27 heavy (non-hydrogen) atoms. The lowest BCUT2D eigenvalue weighted by atomic mass is 9.89. The molecule has 140 valence electrons. The van der Waals surface area contributed by atoms with Gasteiger partial charge in [0.15, 0.2) is 11.5 Å². The number of aryl methyl sites for hydroxylation is 3. The highest BCUT2D eigenvalue weighted by atomic mass is 16.4. The van der Waals surface area contributed by atoms with E-state index in [2.05, 4.69) is 24.3 Å². The van der Waals surface area contributed by atoms with Gasteiger partial charge in [-0.15, -0.1) is 0 Å². The molecule has 0 aromatic heterocycles. The number of hydrogen-bond donors (Lipinski definition) is 3. The van der Waals surface area contributed by atoms with E-state index in [4.69, 9.17) is 0 Å². The minimum Gasteiger partial charge on any atom is -0.504 e. The van der Waals surface area contributed by atoms with Crippen molar-refractivity contribution in [3.8, 4) is 11.5 Å². The Morgan fingerprint density at radius 1 is 0.963 bits per heavy atom. The summed E-state index contributed by atoms with van der Waals surface area (Å²) in [5, 5.41) is 31.5. The zero-order valence-electron chi connectivity index (χ0n) is 15.8. The van der Waals surface area contributed by atoms with Crippen molar-refractivity contribution in [3.05, 3.63) is 69.8 Å². The molecule has 0 unspecified atom stereocenters. The number of carboxylic acids is 1. The zero-order valence-corrected chi connectivity index (χ0v) is 15.8. The van der Waals surface area contributed by atoms with Gasteiger partial charge in [0.2, 0.25) is 0 Å². The van der Waals surface area contributed by atoms with Crippen LogP contribution in [0.4, 0.5) is 0 Å². The molecule has 3 N–H and O–H groups in total. The number of aromatic carboxylic acids is 1. The molecule has 0 amide bonds. The molecule has 0 aliphatic carbocycles. The molecule has 0 radical (unpaired) electrons. The fourth-order valence-electron chi connectivity index (χ4n) is 3.56. The summed E-state index contributed by atoms with van der Waals surface area (Å²) >= 11 is 0. The Bertz CT molecular complexity index is 1020. The second-order valence-electron chi connectivity index (χ2n) is 7.09. The maximum atomic E-state index is 11.8. The van der Waals surface area contributed by atoms with Crippen molar-refractivity contribution >= 4 is 16.7 Å². The molecule has 3 aromatic rings. The first-order valence-corrected chi connectivity index (χ1v) is 9.12. The van der Waals surface area contributed by atoms with E-state index >= 15 is 0 Å². The molecule has 4 heteroatoms. The highest BCUT2D eigenvalue weighted by Crippen LogP contribution is 2.42. The predicted octanol–water partition coefficient (Wildman–Crippen LogP) is 5.11. The molecule has 0 saturated heterocycles. The van der Waals surface area contributed by atoms with Gasteiger partial charge in [-0.3, -0.25) is 0 Å². The molecular formula is C23H24O4. The molecule has 0 spiro atoms. The number of aromatic hydroxyl groups is 2. The Morgan fingerprint density at radius 2 is 1.63 bits per heavy atom. The normalized spacial score (nSPS) is 11.1. The summed E-state index contributed by atoms with van der Waals surface area (Å²) in [6.45, 7) is 6.00. The van der Waals surface area contributed by atoms with Gasteiger partial charge in [-0.1, -0.05) is 49.2 Å². The third-order valence-electron chi connectivity index (χ3n) is 5.05. The third kappa shape index (κ3) is 3.47. The molecule has 0 aliphatic heterocycles. The van der Waals surface area contributed by atoms with Crippen LogP contribution in [0, 0.1) is 13.8 Å². The summed E-state index contributed by atoms with van der Waals surface area (Å²) in [6, 6.07) is 12.0. The minimum absolute atomic E-state index is 0.243. The van der Waals surface area contributed by atoms with Gasteiger partial charge in [0.05, 0.1) is 0 Å². The van der Waals surface area contributed by atoms with E-state index in [1.54, 1.807) is 0 Å². The number of phenolic OH excluding ortho intramolecular Hbond substituents is 1. The van der Waals surface area contributed by atoms with Crippen LogP contribution in [0.15, 0.2) is 36.4 Å². The summed E-state index contributed by atoms with van der Waals surface area (Å²) < 4.78 is 0. The fraction of sp³-hybridized carbons (Fsp3) is 0.261. The maximum absolute atomic E-state index is 11.8. The van der Waals surface area contributed by atoms with Gasteiger partial charge in [-0.25, -0.2) is 4.79 Å². The van der Waals surface area contributed by atoms with Gasteiger partial charge >= 0.3 is 5.97 Å². The van der Waals surface area contributed by atoms with E-state index in [0.29, 0.717) is 29.2 Å². The standard InChI is InChI=1S/C23H24O4/c1-4-5-17-18-10-14(3)16(11-15-8-6-13(2)7-9-15)12-19(18)20(23(26)27)22(25)21(17)24/h6-10,12,24-25H,4-5,11H2,1-3H3,(H,26,27). The van der Waals surface area contributed by atoms with Crippen molar-refractivity contribution in [3.63, 3.8) is 0 Å². The first-order chi connectivity index (χ1) is 12.8. The highest BCUT2D eigenvalue weighted by molar-refractivity contribution is 6.09. The average Bonchev–Trinajstić information content (AvgIpc) is 2.62. The van der Waals surface area contributed by atoms with Crippen LogP contribution < -0.4 is 0 Å². The molecular weight excluding hydrogens is 340 g/mol. The van der Waals surface area contributed by atoms with Crippen molar-refractivity contribution in [2.75, 3.05) is 0 Å². The van der Waals surface area contributed by atoms with Crippen LogP contribution >= 0.6 is 0 Å². The fourth-order valence-corrected chi connectivity index (χ4v) is 3.56. The van der Waals surface area contributed by atoms with E-state index in [0.717, 1.165) is 23.1 Å². The number of carbonyl (C=O) groups is 1. The SMILES string of the molecule is CCCc1c(O)c(O)c(C(=O)O)c2cc(Cc3ccc(C)cc3)c(C)cc12. The van der Waals surface area contributed by atoms with Crippen LogP contribution in [0.1, 0.15) is 51.5 Å². The Balaban J connectivity index is 2.25. The van der Waals surface area contributed by atoms with E-state index in [1.807, 2.05) is 32.9 Å². The molecule has 0 fully saturated rings. The monoisotopic (exact) mass is 364 g/mol. The smallest absolute Gasteiger partial charge is 0.340 e. The zero-order chi connectivity index (χ0) is 19.7. The number of carboxylic acid groups (broad SMARTS) is 1. The summed E-state index contributed by atoms with van der Waals surface area (Å²) in [4.78, 5) is 11.8. The molecule has 0 heterocycles. The second kappa shape index (κ2) is 7.31. The van der Waals surface area contributed by atoms with E-state index in [-0.39, 0.29) is 11.3 Å². The van der Waals surface area contributed by atoms with Crippen LogP contribution in [0.3, 0.4) is 0 Å². The van der Waals surface area contributed by atoms with Crippen LogP contribution in [-0.2, 0) is 12.8 Å². The van der Waals surface area contributed by atoms with Gasteiger partial charge < -0.3 is 15.3 Å². The van der Waals surface area contributed by atoms with Crippen LogP contribution in [0.25, 0.3) is 10.8 Å². The van der Waals surface area contributed by atoms with E-state index in [9.17, 15) is 20.1 Å². The van der Waals surface area contributed by atoms with Gasteiger partial charge in [-0.05, 0) is 54.8 Å². The summed E-state index contributed by atoms with van der Waals surface area (Å²) in [5.74, 6) is -2.13. The Labute approximate surface area is 158 Å². The number of fused-ring (bicyclic) bond motifs is 1. The number of rotatable bonds is 5. The predicted molar refractivity (Wildman–Crippen MR) is 107 cm³/mol. The Morgan fingerprint density at radius 3 is 2.22 bits per heavy atom. The van der Waals surface area contributed by atoms with Gasteiger partial charge in [0.1, 0.15) is 5.56 Å². The van der Waals surface area contributed by atoms with Crippen LogP contribution in [0.2, 0.25) is 0 Å². The minimum atomic E-state index is -1.25. The number of benzene rings is 3. The van der Waals surface area contributed by atoms with Crippen molar-refractivity contribution in [1.29, 1.82) is 0 Å². The molecule has 3 aromatic carbocycles. The van der Waals surface area contributed by atoms with Crippen LogP contribution in [-0.4, -0.2) is 21.3 Å². The molecule has 0 bridgehead atoms. The maximum Gasteiger partial charge on any atom is 0.340 e. The van der Waals surface area contributed by atoms with Crippen LogP contribution in [0.5, 0.6) is 11.5 Å². The molecule has 0 saturated carbocycles. The first-order valence-electron chi connectivity index (χ1n) is 9.12. The van der Waals surface area contributed by atoms with Crippen molar-refractivity contribution in [1.82, 2.24) is 0 Å². The summed E-state index contributed by atoms with van der Waals surface area (Å²) in [7, 11) is 0. The van der Waals surface area contributed by atoms with Gasteiger partial charge in [-0.2, -0.15) is 0 Å². The average molecular weight is 364 g/mol. The topological polar surface area (TPSA) is 77.8 Å². The molecule has 0 atom stereocenters. The van der Waals surface area contributed by atoms with Gasteiger partial charge in [0, 0.05) is 10.9 Å². The van der Waals surface area contributed by atoms with E-state index < -0.39 is 11.7 Å². The van der Waals surface area contributed by atoms with Gasteiger partial charge in [0.25, 0.3) is 0 Å². The van der Waals surface area contributed by atoms with Crippen molar-refractivity contribution < 1.29 is 20.1 Å². The number of hydrogen-bond acceptors (Lipinski definition) is 3. The summed E-state index contributed by atoms with van der Waals surface area (Å²) in [6.07, 6.45) is 2.01. The third-order valence-corrected chi connectivity index (χ3v) is 5.05. The number of phenols is 2. The lowest BCUT2D eigenvalue weighted by molar-refractivity contribution is 0.0695. The molecule has 3 rings (SSSR count). The Hall–Kier alpha value is -3.01. The lowest BCUT2D eigenvalue weighted by Crippen LogP contribution is -2.03. The Kier molecular flexibility index (Phi) is 5.08. The molecule has 0 aliphatic rings. The first kappa shape index (κ1) is 18.8. The van der Waals surface area contributed by atoms with Crippen molar-refractivity contribution in [2.45, 2.75) is 40.0 Å². The summed E-state index contributed by atoms with van der Waals surface area (Å²) in [5.41, 5.74) is 4.71.